The lowest BCUT2D eigenvalue weighted by Crippen LogP contribution is -2.22. The molecule has 4 heteroatoms. The van der Waals surface area contributed by atoms with Gasteiger partial charge in [0.2, 0.25) is 0 Å². The van der Waals surface area contributed by atoms with E-state index in [0.29, 0.717) is 13.2 Å². The number of ether oxygens (including phenoxy) is 3. The van der Waals surface area contributed by atoms with Crippen LogP contribution >= 0.6 is 0 Å². The van der Waals surface area contributed by atoms with Crippen molar-refractivity contribution in [3.8, 4) is 11.8 Å². The lowest BCUT2D eigenvalue weighted by atomic mass is 10.2. The molecule has 0 amide bonds. The predicted octanol–water partition coefficient (Wildman–Crippen LogP) is 1.65. The fourth-order valence-corrected chi connectivity index (χ4v) is 1.38. The molecule has 0 aromatic rings. The number of carbonyl (C=O) groups excluding carboxylic acids is 1. The predicted molar refractivity (Wildman–Crippen MR) is 63.1 cm³/mol. The van der Waals surface area contributed by atoms with Crippen molar-refractivity contribution in [2.45, 2.75) is 32.5 Å². The molecule has 1 rings (SSSR count). The van der Waals surface area contributed by atoms with Gasteiger partial charge in [0.1, 0.15) is 6.61 Å². The number of rotatable bonds is 4. The number of carbonyl (C=O) groups is 1. The maximum atomic E-state index is 10.9. The summed E-state index contributed by atoms with van der Waals surface area (Å²) in [5, 5.41) is 0. The van der Waals surface area contributed by atoms with Crippen LogP contribution in [0.4, 0.5) is 0 Å². The van der Waals surface area contributed by atoms with Crippen molar-refractivity contribution in [2.75, 3.05) is 19.8 Å². The van der Waals surface area contributed by atoms with Gasteiger partial charge in [-0.1, -0.05) is 11.8 Å². The third kappa shape index (κ3) is 6.77. The van der Waals surface area contributed by atoms with Crippen molar-refractivity contribution < 1.29 is 19.0 Å². The second kappa shape index (κ2) is 8.80. The van der Waals surface area contributed by atoms with E-state index in [1.165, 1.54) is 12.2 Å². The molecule has 1 unspecified atom stereocenters. The van der Waals surface area contributed by atoms with Crippen LogP contribution in [-0.4, -0.2) is 32.1 Å². The molecule has 17 heavy (non-hydrogen) atoms. The Kier molecular flexibility index (Phi) is 7.12. The molecular weight excluding hydrogens is 220 g/mol. The molecule has 0 bridgehead atoms. The van der Waals surface area contributed by atoms with E-state index >= 15 is 0 Å². The summed E-state index contributed by atoms with van der Waals surface area (Å²) < 4.78 is 15.5. The van der Waals surface area contributed by atoms with Crippen molar-refractivity contribution in [1.82, 2.24) is 0 Å². The molecule has 1 saturated heterocycles. The van der Waals surface area contributed by atoms with E-state index in [9.17, 15) is 4.79 Å². The van der Waals surface area contributed by atoms with Crippen LogP contribution in [0.2, 0.25) is 0 Å². The summed E-state index contributed by atoms with van der Waals surface area (Å²) in [7, 11) is 0. The van der Waals surface area contributed by atoms with Crippen molar-refractivity contribution in [3.63, 3.8) is 0 Å². The lowest BCUT2D eigenvalue weighted by Gasteiger charge is -2.21. The van der Waals surface area contributed by atoms with Gasteiger partial charge in [-0.2, -0.15) is 0 Å². The summed E-state index contributed by atoms with van der Waals surface area (Å²) in [4.78, 5) is 10.9. The summed E-state index contributed by atoms with van der Waals surface area (Å²) in [6.45, 7) is 3.22. The zero-order valence-electron chi connectivity index (χ0n) is 10.1. The first-order valence-corrected chi connectivity index (χ1v) is 5.88. The largest absolute Gasteiger partial charge is 0.463 e. The molecule has 0 aliphatic carbocycles. The van der Waals surface area contributed by atoms with Crippen molar-refractivity contribution in [3.05, 3.63) is 12.2 Å². The van der Waals surface area contributed by atoms with Gasteiger partial charge in [0.05, 0.1) is 6.61 Å². The summed E-state index contributed by atoms with van der Waals surface area (Å²) in [5.41, 5.74) is 0. The third-order valence-electron chi connectivity index (χ3n) is 2.17. The highest BCUT2D eigenvalue weighted by atomic mass is 16.7. The van der Waals surface area contributed by atoms with Crippen LogP contribution in [0, 0.1) is 11.8 Å². The van der Waals surface area contributed by atoms with Gasteiger partial charge in [0, 0.05) is 12.7 Å². The second-order valence-electron chi connectivity index (χ2n) is 3.51. The van der Waals surface area contributed by atoms with Gasteiger partial charge in [-0.3, -0.25) is 0 Å². The summed E-state index contributed by atoms with van der Waals surface area (Å²) in [6, 6.07) is 0. The Bertz CT molecular complexity index is 305. The first-order valence-electron chi connectivity index (χ1n) is 5.88. The van der Waals surface area contributed by atoms with E-state index in [2.05, 4.69) is 11.8 Å². The maximum absolute atomic E-state index is 10.9. The van der Waals surface area contributed by atoms with Gasteiger partial charge in [0.25, 0.3) is 0 Å². The molecule has 94 valence electrons. The molecule has 1 fully saturated rings. The Hall–Kier alpha value is -1.31. The normalized spacial score (nSPS) is 19.7. The van der Waals surface area contributed by atoms with Gasteiger partial charge in [-0.15, -0.1) is 0 Å². The zero-order valence-corrected chi connectivity index (χ0v) is 10.1. The van der Waals surface area contributed by atoms with Gasteiger partial charge in [-0.05, 0) is 32.3 Å². The molecule has 0 aromatic carbocycles. The highest BCUT2D eigenvalue weighted by Crippen LogP contribution is 2.12. The van der Waals surface area contributed by atoms with E-state index in [-0.39, 0.29) is 12.3 Å². The molecule has 0 radical (unpaired) electrons. The van der Waals surface area contributed by atoms with Crippen molar-refractivity contribution >= 4 is 5.97 Å². The van der Waals surface area contributed by atoms with E-state index in [1.807, 2.05) is 0 Å². The highest BCUT2D eigenvalue weighted by molar-refractivity contribution is 5.82. The number of allylic oxidation sites excluding steroid dienone is 1. The summed E-state index contributed by atoms with van der Waals surface area (Å²) in [5.74, 6) is 5.11. The Morgan fingerprint density at radius 2 is 2.41 bits per heavy atom. The van der Waals surface area contributed by atoms with Crippen LogP contribution in [0.15, 0.2) is 12.2 Å². The Labute approximate surface area is 102 Å². The average molecular weight is 238 g/mol. The third-order valence-corrected chi connectivity index (χ3v) is 2.17. The Morgan fingerprint density at radius 1 is 1.53 bits per heavy atom. The monoisotopic (exact) mass is 238 g/mol. The topological polar surface area (TPSA) is 44.8 Å². The maximum Gasteiger partial charge on any atom is 0.331 e. The summed E-state index contributed by atoms with van der Waals surface area (Å²) >= 11 is 0. The van der Waals surface area contributed by atoms with Crippen LogP contribution in [0.3, 0.4) is 0 Å². The molecule has 0 N–H and O–H groups in total. The molecule has 0 saturated carbocycles. The number of hydrogen-bond donors (Lipinski definition) is 0. The van der Waals surface area contributed by atoms with Crippen LogP contribution < -0.4 is 0 Å². The zero-order chi connectivity index (χ0) is 12.3. The number of esters is 1. The van der Waals surface area contributed by atoms with E-state index in [4.69, 9.17) is 14.2 Å². The van der Waals surface area contributed by atoms with Crippen LogP contribution in [0.5, 0.6) is 0 Å². The van der Waals surface area contributed by atoms with E-state index in [0.717, 1.165) is 25.9 Å². The molecular formula is C13H18O4. The van der Waals surface area contributed by atoms with Gasteiger partial charge < -0.3 is 14.2 Å². The van der Waals surface area contributed by atoms with Crippen LogP contribution in [-0.2, 0) is 19.0 Å². The smallest absolute Gasteiger partial charge is 0.331 e. The minimum atomic E-state index is -0.377. The van der Waals surface area contributed by atoms with E-state index < -0.39 is 0 Å². The van der Waals surface area contributed by atoms with Gasteiger partial charge >= 0.3 is 5.97 Å². The first kappa shape index (κ1) is 13.8. The van der Waals surface area contributed by atoms with Crippen LogP contribution in [0.25, 0.3) is 0 Å². The van der Waals surface area contributed by atoms with Crippen molar-refractivity contribution in [1.29, 1.82) is 0 Å². The fraction of sp³-hybridized carbons (Fsp3) is 0.615. The molecule has 0 spiro atoms. The molecule has 4 nitrogen and oxygen atoms in total. The standard InChI is InChI=1S/C13H18O4/c1-2-15-12(14)8-4-3-6-10-16-13-9-5-7-11-17-13/h4,8,13H,2,5,7,9-11H2,1H3/b8-4+. The minimum Gasteiger partial charge on any atom is -0.463 e. The first-order chi connectivity index (χ1) is 8.33. The minimum absolute atomic E-state index is 0.118. The SMILES string of the molecule is CCOC(=O)/C=C/C#CCOC1CCCCO1. The highest BCUT2D eigenvalue weighted by Gasteiger charge is 2.12. The molecule has 1 aliphatic heterocycles. The van der Waals surface area contributed by atoms with Gasteiger partial charge in [0.15, 0.2) is 6.29 Å². The molecule has 0 aromatic heterocycles. The molecule has 1 atom stereocenters. The summed E-state index contributed by atoms with van der Waals surface area (Å²) in [6.07, 6.45) is 5.82. The second-order valence-corrected chi connectivity index (χ2v) is 3.51. The Balaban J connectivity index is 2.11. The fourth-order valence-electron chi connectivity index (χ4n) is 1.38. The Morgan fingerprint density at radius 3 is 3.12 bits per heavy atom. The number of hydrogen-bond acceptors (Lipinski definition) is 4. The van der Waals surface area contributed by atoms with Crippen LogP contribution in [0.1, 0.15) is 26.2 Å². The average Bonchev–Trinajstić information content (AvgIpc) is 2.35. The quantitative estimate of drug-likeness (QED) is 0.424. The lowest BCUT2D eigenvalue weighted by molar-refractivity contribution is -0.154. The van der Waals surface area contributed by atoms with E-state index in [1.54, 1.807) is 6.92 Å². The molecule has 1 heterocycles. The van der Waals surface area contributed by atoms with Crippen molar-refractivity contribution in [2.24, 2.45) is 0 Å². The molecule has 1 aliphatic rings. The van der Waals surface area contributed by atoms with Gasteiger partial charge in [-0.25, -0.2) is 4.79 Å².